The Balaban J connectivity index is 4.15. The Kier molecular flexibility index (Phi) is 14.1. The monoisotopic (exact) mass is 329 g/mol. The molecule has 0 aromatic rings. The predicted octanol–water partition coefficient (Wildman–Crippen LogP) is 3.11. The zero-order valence-electron chi connectivity index (χ0n) is 15.7. The Hall–Kier alpha value is -0.160. The van der Waals surface area contributed by atoms with Crippen LogP contribution >= 0.6 is 0 Å². The third-order valence-electron chi connectivity index (χ3n) is 4.77. The van der Waals surface area contributed by atoms with Crippen LogP contribution in [0.25, 0.3) is 0 Å². The molecule has 0 amide bonds. The van der Waals surface area contributed by atoms with Crippen molar-refractivity contribution in [2.45, 2.75) is 103 Å². The predicted molar refractivity (Wildman–Crippen MR) is 99.3 cm³/mol. The summed E-state index contributed by atoms with van der Waals surface area (Å²) in [6.07, 6.45) is 9.99. The lowest BCUT2D eigenvalue weighted by atomic mass is 10.0. The quantitative estimate of drug-likeness (QED) is 0.404. The number of rotatable bonds is 15. The van der Waals surface area contributed by atoms with Gasteiger partial charge in [0.1, 0.15) is 0 Å². The molecule has 0 bridgehead atoms. The van der Waals surface area contributed by atoms with Gasteiger partial charge in [-0.3, -0.25) is 4.90 Å². The van der Waals surface area contributed by atoms with Crippen LogP contribution in [0.4, 0.5) is 0 Å². The molecule has 23 heavy (non-hydrogen) atoms. The first kappa shape index (κ1) is 22.8. The van der Waals surface area contributed by atoms with Crippen molar-refractivity contribution in [2.75, 3.05) is 13.1 Å². The largest absolute Gasteiger partial charge is 0.392 e. The number of aliphatic hydroxyl groups is 2. The number of aliphatic hydroxyl groups excluding tert-OH is 2. The molecule has 0 heterocycles. The first-order chi connectivity index (χ1) is 10.9. The van der Waals surface area contributed by atoms with Crippen LogP contribution in [0.1, 0.15) is 78.6 Å². The van der Waals surface area contributed by atoms with Crippen LogP contribution in [-0.4, -0.2) is 52.5 Å². The van der Waals surface area contributed by atoms with Crippen LogP contribution in [0.2, 0.25) is 0 Å². The molecule has 0 aliphatic heterocycles. The molecule has 4 heteroatoms. The second-order valence-electron chi connectivity index (χ2n) is 6.98. The van der Waals surface area contributed by atoms with Gasteiger partial charge in [-0.15, -0.1) is 0 Å². The van der Waals surface area contributed by atoms with Crippen molar-refractivity contribution >= 4 is 0 Å². The minimum absolute atomic E-state index is 0.139. The van der Waals surface area contributed by atoms with E-state index in [0.717, 1.165) is 13.0 Å². The van der Waals surface area contributed by atoms with E-state index in [1.165, 1.54) is 44.9 Å². The molecule has 0 aromatic carbocycles. The molecular formula is C19H41N2O2. The van der Waals surface area contributed by atoms with Crippen molar-refractivity contribution in [2.24, 2.45) is 5.73 Å². The molecule has 139 valence electrons. The Morgan fingerprint density at radius 1 is 0.957 bits per heavy atom. The summed E-state index contributed by atoms with van der Waals surface area (Å²) in [6.45, 7) is 11.4. The Morgan fingerprint density at radius 2 is 1.52 bits per heavy atom. The Morgan fingerprint density at radius 3 is 2.04 bits per heavy atom. The van der Waals surface area contributed by atoms with E-state index in [9.17, 15) is 10.2 Å². The van der Waals surface area contributed by atoms with E-state index in [2.05, 4.69) is 25.7 Å². The van der Waals surface area contributed by atoms with Gasteiger partial charge in [-0.25, -0.2) is 0 Å². The fraction of sp³-hybridized carbons (Fsp3) is 0.947. The van der Waals surface area contributed by atoms with E-state index in [1.807, 2.05) is 0 Å². The highest BCUT2D eigenvalue weighted by atomic mass is 16.3. The van der Waals surface area contributed by atoms with Crippen molar-refractivity contribution in [1.82, 2.24) is 4.90 Å². The number of nitrogens with zero attached hydrogens (tertiary/aromatic N) is 1. The van der Waals surface area contributed by atoms with Gasteiger partial charge < -0.3 is 15.9 Å². The topological polar surface area (TPSA) is 69.7 Å². The lowest BCUT2D eigenvalue weighted by Gasteiger charge is -2.36. The molecule has 0 saturated carbocycles. The van der Waals surface area contributed by atoms with Crippen molar-refractivity contribution in [3.8, 4) is 0 Å². The fourth-order valence-corrected chi connectivity index (χ4v) is 2.97. The average Bonchev–Trinajstić information content (AvgIpc) is 2.53. The lowest BCUT2D eigenvalue weighted by Crippen LogP contribution is -2.47. The van der Waals surface area contributed by atoms with E-state index in [4.69, 9.17) is 5.73 Å². The van der Waals surface area contributed by atoms with Gasteiger partial charge >= 0.3 is 0 Å². The van der Waals surface area contributed by atoms with E-state index in [0.29, 0.717) is 12.5 Å². The molecule has 4 N–H and O–H groups in total. The van der Waals surface area contributed by atoms with Gasteiger partial charge in [0.2, 0.25) is 0 Å². The van der Waals surface area contributed by atoms with Crippen LogP contribution < -0.4 is 5.73 Å². The molecule has 4 atom stereocenters. The third-order valence-corrected chi connectivity index (χ3v) is 4.77. The van der Waals surface area contributed by atoms with E-state index in [-0.39, 0.29) is 12.6 Å². The highest BCUT2D eigenvalue weighted by Gasteiger charge is 2.23. The minimum atomic E-state index is -0.471. The van der Waals surface area contributed by atoms with Gasteiger partial charge in [-0.2, -0.15) is 0 Å². The number of unbranched alkanes of at least 4 members (excludes halogenated alkanes) is 6. The molecular weight excluding hydrogens is 288 g/mol. The van der Waals surface area contributed by atoms with Gasteiger partial charge in [-0.05, 0) is 33.6 Å². The molecule has 0 aliphatic rings. The third kappa shape index (κ3) is 11.1. The summed E-state index contributed by atoms with van der Waals surface area (Å²) in [6, 6.07) is 0.229. The number of hydrogen-bond donors (Lipinski definition) is 3. The maximum atomic E-state index is 9.86. The fourth-order valence-electron chi connectivity index (χ4n) is 2.97. The van der Waals surface area contributed by atoms with Gasteiger partial charge in [0.05, 0.1) is 12.2 Å². The summed E-state index contributed by atoms with van der Waals surface area (Å²) in [5, 5.41) is 19.6. The van der Waals surface area contributed by atoms with Gasteiger partial charge in [-0.1, -0.05) is 51.9 Å². The minimum Gasteiger partial charge on any atom is -0.392 e. The summed E-state index contributed by atoms with van der Waals surface area (Å²) in [5.41, 5.74) is 5.48. The van der Waals surface area contributed by atoms with Crippen molar-refractivity contribution in [3.05, 3.63) is 6.92 Å². The zero-order chi connectivity index (χ0) is 17.7. The normalized spacial score (nSPS) is 17.2. The molecule has 0 spiro atoms. The first-order valence-electron chi connectivity index (χ1n) is 9.59. The SMILES string of the molecule is [CH2]C(C(C)O)N(CCC(O)CN)C(C)CCCCCCCCC. The van der Waals surface area contributed by atoms with Crippen molar-refractivity contribution in [3.63, 3.8) is 0 Å². The van der Waals surface area contributed by atoms with Crippen molar-refractivity contribution in [1.29, 1.82) is 0 Å². The van der Waals surface area contributed by atoms with Crippen LogP contribution in [-0.2, 0) is 0 Å². The van der Waals surface area contributed by atoms with Crippen LogP contribution in [0.3, 0.4) is 0 Å². The molecule has 1 radical (unpaired) electrons. The second-order valence-corrected chi connectivity index (χ2v) is 6.98. The molecule has 4 nitrogen and oxygen atoms in total. The van der Waals surface area contributed by atoms with Gasteiger partial charge in [0, 0.05) is 25.2 Å². The molecule has 0 rings (SSSR count). The molecule has 0 fully saturated rings. The van der Waals surface area contributed by atoms with Crippen molar-refractivity contribution < 1.29 is 10.2 Å². The lowest BCUT2D eigenvalue weighted by molar-refractivity contribution is 0.0453. The molecule has 0 aromatic heterocycles. The van der Waals surface area contributed by atoms with Crippen LogP contribution in [0.15, 0.2) is 0 Å². The summed E-state index contributed by atoms with van der Waals surface area (Å²) >= 11 is 0. The molecule has 0 saturated heterocycles. The van der Waals surface area contributed by atoms with Crippen LogP contribution in [0.5, 0.6) is 0 Å². The van der Waals surface area contributed by atoms with E-state index in [1.54, 1.807) is 6.92 Å². The standard InChI is InChI=1S/C19H41N2O2/c1-5-6-7-8-9-10-11-12-16(2)21(17(3)18(4)22)14-13-19(23)15-20/h16-19,22-23H,3,5-15,20H2,1-2,4H3. The highest BCUT2D eigenvalue weighted by Crippen LogP contribution is 2.17. The molecule has 0 aliphatic carbocycles. The van der Waals surface area contributed by atoms with E-state index < -0.39 is 12.2 Å². The number of hydrogen-bond acceptors (Lipinski definition) is 4. The zero-order valence-corrected chi connectivity index (χ0v) is 15.7. The highest BCUT2D eigenvalue weighted by molar-refractivity contribution is 4.83. The molecule has 4 unspecified atom stereocenters. The smallest absolute Gasteiger partial charge is 0.0674 e. The maximum Gasteiger partial charge on any atom is 0.0674 e. The summed E-state index contributed by atoms with van der Waals surface area (Å²) < 4.78 is 0. The second kappa shape index (κ2) is 14.2. The van der Waals surface area contributed by atoms with Gasteiger partial charge in [0.15, 0.2) is 0 Å². The average molecular weight is 330 g/mol. The van der Waals surface area contributed by atoms with Gasteiger partial charge in [0.25, 0.3) is 0 Å². The summed E-state index contributed by atoms with van der Waals surface area (Å²) in [5.74, 6) is 0. The summed E-state index contributed by atoms with van der Waals surface area (Å²) in [7, 11) is 0. The first-order valence-corrected chi connectivity index (χ1v) is 9.59. The Labute approximate surface area is 144 Å². The van der Waals surface area contributed by atoms with Crippen LogP contribution in [0, 0.1) is 6.92 Å². The Bertz CT molecular complexity index is 262. The van der Waals surface area contributed by atoms with E-state index >= 15 is 0 Å². The maximum absolute atomic E-state index is 9.86. The summed E-state index contributed by atoms with van der Waals surface area (Å²) in [4.78, 5) is 2.22. The number of nitrogens with two attached hydrogens (primary N) is 1.